The van der Waals surface area contributed by atoms with Gasteiger partial charge in [0, 0.05) is 0 Å². The molecule has 0 unspecified atom stereocenters. The Hall–Kier alpha value is -0.570. The average Bonchev–Trinajstić information content (AvgIpc) is 2.84. The van der Waals surface area contributed by atoms with Crippen molar-refractivity contribution in [3.8, 4) is 0 Å². The van der Waals surface area contributed by atoms with E-state index in [2.05, 4.69) is 4.74 Å². The Morgan fingerprint density at radius 3 is 3.15 bits per heavy atom. The smallest absolute Gasteiger partial charge is 0.308 e. The van der Waals surface area contributed by atoms with Crippen LogP contribution in [0, 0.1) is 11.8 Å². The van der Waals surface area contributed by atoms with E-state index in [0.29, 0.717) is 11.8 Å². The van der Waals surface area contributed by atoms with Gasteiger partial charge in [-0.2, -0.15) is 0 Å². The molecule has 2 saturated carbocycles. The second-order valence-corrected chi connectivity index (χ2v) is 4.35. The van der Waals surface area contributed by atoms with Crippen molar-refractivity contribution in [3.63, 3.8) is 0 Å². The van der Waals surface area contributed by atoms with Gasteiger partial charge in [-0.3, -0.25) is 4.79 Å². The summed E-state index contributed by atoms with van der Waals surface area (Å²) in [6.45, 7) is 0. The number of carbonyl (C=O) groups is 1. The van der Waals surface area contributed by atoms with Gasteiger partial charge in [0.15, 0.2) is 0 Å². The van der Waals surface area contributed by atoms with Crippen LogP contribution in [-0.2, 0) is 9.53 Å². The van der Waals surface area contributed by atoms with Crippen LogP contribution in [0.2, 0.25) is 0 Å². The van der Waals surface area contributed by atoms with Crippen molar-refractivity contribution in [2.75, 3.05) is 7.11 Å². The molecule has 3 nitrogen and oxygen atoms in total. The van der Waals surface area contributed by atoms with Gasteiger partial charge >= 0.3 is 5.97 Å². The number of rotatable bonds is 2. The fourth-order valence-electron chi connectivity index (χ4n) is 2.62. The Labute approximate surface area is 78.1 Å². The van der Waals surface area contributed by atoms with Crippen molar-refractivity contribution in [2.24, 2.45) is 11.8 Å². The van der Waals surface area contributed by atoms with Gasteiger partial charge in [-0.25, -0.2) is 0 Å². The lowest BCUT2D eigenvalue weighted by molar-refractivity contribution is -0.148. The van der Waals surface area contributed by atoms with Crippen LogP contribution in [0.3, 0.4) is 0 Å². The lowest BCUT2D eigenvalue weighted by atomic mass is 9.82. The highest BCUT2D eigenvalue weighted by Crippen LogP contribution is 2.55. The van der Waals surface area contributed by atoms with Crippen molar-refractivity contribution >= 4 is 5.97 Å². The second kappa shape index (κ2) is 2.98. The molecule has 0 amide bonds. The molecule has 0 radical (unpaired) electrons. The zero-order valence-electron chi connectivity index (χ0n) is 7.95. The third-order valence-corrected chi connectivity index (χ3v) is 3.48. The SMILES string of the molecule is COC(=O)C[C@@]1(O)CCC[C@H]2C[C@H]21. The molecule has 2 aliphatic rings. The van der Waals surface area contributed by atoms with E-state index < -0.39 is 5.60 Å². The van der Waals surface area contributed by atoms with Crippen LogP contribution in [-0.4, -0.2) is 23.8 Å². The molecule has 1 N–H and O–H groups in total. The van der Waals surface area contributed by atoms with Gasteiger partial charge in [-0.1, -0.05) is 6.42 Å². The third-order valence-electron chi connectivity index (χ3n) is 3.48. The van der Waals surface area contributed by atoms with E-state index in [1.807, 2.05) is 0 Å². The fourth-order valence-corrected chi connectivity index (χ4v) is 2.62. The number of hydrogen-bond donors (Lipinski definition) is 1. The third kappa shape index (κ3) is 1.57. The van der Waals surface area contributed by atoms with Gasteiger partial charge in [-0.05, 0) is 31.1 Å². The van der Waals surface area contributed by atoms with Gasteiger partial charge in [-0.15, -0.1) is 0 Å². The predicted octanol–water partition coefficient (Wildman–Crippen LogP) is 1.10. The predicted molar refractivity (Wildman–Crippen MR) is 47.0 cm³/mol. The molecule has 0 aromatic heterocycles. The highest BCUT2D eigenvalue weighted by atomic mass is 16.5. The number of aliphatic hydroxyl groups is 1. The Morgan fingerprint density at radius 2 is 2.46 bits per heavy atom. The van der Waals surface area contributed by atoms with E-state index in [-0.39, 0.29) is 12.4 Å². The average molecular weight is 184 g/mol. The summed E-state index contributed by atoms with van der Waals surface area (Å²) >= 11 is 0. The van der Waals surface area contributed by atoms with Crippen LogP contribution in [0.4, 0.5) is 0 Å². The van der Waals surface area contributed by atoms with E-state index in [0.717, 1.165) is 19.3 Å². The zero-order chi connectivity index (χ0) is 9.47. The van der Waals surface area contributed by atoms with Gasteiger partial charge in [0.2, 0.25) is 0 Å². The Bertz CT molecular complexity index is 226. The van der Waals surface area contributed by atoms with E-state index in [4.69, 9.17) is 0 Å². The van der Waals surface area contributed by atoms with Crippen molar-refractivity contribution in [1.82, 2.24) is 0 Å². The Morgan fingerprint density at radius 1 is 1.69 bits per heavy atom. The maximum atomic E-state index is 11.1. The minimum Gasteiger partial charge on any atom is -0.469 e. The molecule has 0 aliphatic heterocycles. The van der Waals surface area contributed by atoms with E-state index in [1.54, 1.807) is 0 Å². The first-order valence-corrected chi connectivity index (χ1v) is 4.95. The van der Waals surface area contributed by atoms with Crippen molar-refractivity contribution < 1.29 is 14.6 Å². The summed E-state index contributed by atoms with van der Waals surface area (Å²) in [5.74, 6) is 0.777. The zero-order valence-corrected chi connectivity index (χ0v) is 7.95. The fraction of sp³-hybridized carbons (Fsp3) is 0.900. The molecule has 2 aliphatic carbocycles. The molecule has 0 heterocycles. The number of carbonyl (C=O) groups excluding carboxylic acids is 1. The van der Waals surface area contributed by atoms with Gasteiger partial charge in [0.05, 0.1) is 19.1 Å². The molecule has 13 heavy (non-hydrogen) atoms. The topological polar surface area (TPSA) is 46.5 Å². The van der Waals surface area contributed by atoms with Crippen LogP contribution in [0.5, 0.6) is 0 Å². The van der Waals surface area contributed by atoms with Crippen LogP contribution < -0.4 is 0 Å². The molecular weight excluding hydrogens is 168 g/mol. The molecule has 2 rings (SSSR count). The lowest BCUT2D eigenvalue weighted by Crippen LogP contribution is -2.37. The minimum absolute atomic E-state index is 0.185. The van der Waals surface area contributed by atoms with Crippen LogP contribution in [0.25, 0.3) is 0 Å². The molecule has 0 aromatic rings. The standard InChI is InChI=1S/C10H16O3/c1-13-9(11)6-10(12)4-2-3-7-5-8(7)10/h7-8,12H,2-6H2,1H3/t7-,8+,10-/m0/s1. The first-order chi connectivity index (χ1) is 6.15. The number of fused-ring (bicyclic) bond motifs is 1. The summed E-state index contributed by atoms with van der Waals surface area (Å²) in [5, 5.41) is 10.2. The van der Waals surface area contributed by atoms with Gasteiger partial charge in [0.25, 0.3) is 0 Å². The first kappa shape index (κ1) is 9.00. The monoisotopic (exact) mass is 184 g/mol. The van der Waals surface area contributed by atoms with Crippen LogP contribution in [0.1, 0.15) is 32.1 Å². The summed E-state index contributed by atoms with van der Waals surface area (Å²) in [4.78, 5) is 11.1. The van der Waals surface area contributed by atoms with Crippen LogP contribution >= 0.6 is 0 Å². The number of hydrogen-bond acceptors (Lipinski definition) is 3. The highest BCUT2D eigenvalue weighted by molar-refractivity contribution is 5.70. The summed E-state index contributed by atoms with van der Waals surface area (Å²) in [6.07, 6.45) is 4.34. The molecule has 0 spiro atoms. The molecule has 0 saturated heterocycles. The number of methoxy groups -OCH3 is 1. The van der Waals surface area contributed by atoms with Crippen molar-refractivity contribution in [1.29, 1.82) is 0 Å². The molecule has 74 valence electrons. The quantitative estimate of drug-likeness (QED) is 0.654. The molecule has 0 bridgehead atoms. The number of ether oxygens (including phenoxy) is 1. The molecule has 2 fully saturated rings. The van der Waals surface area contributed by atoms with Gasteiger partial charge < -0.3 is 9.84 Å². The second-order valence-electron chi connectivity index (χ2n) is 4.35. The Balaban J connectivity index is 1.98. The maximum Gasteiger partial charge on any atom is 0.308 e. The minimum atomic E-state index is -0.740. The highest BCUT2D eigenvalue weighted by Gasteiger charge is 2.54. The first-order valence-electron chi connectivity index (χ1n) is 4.95. The summed E-state index contributed by atoms with van der Waals surface area (Å²) in [6, 6.07) is 0. The lowest BCUT2D eigenvalue weighted by Gasteiger charge is -2.30. The van der Waals surface area contributed by atoms with Crippen molar-refractivity contribution in [2.45, 2.75) is 37.7 Å². The Kier molecular flexibility index (Phi) is 2.06. The molecule has 0 aromatic carbocycles. The van der Waals surface area contributed by atoms with Crippen molar-refractivity contribution in [3.05, 3.63) is 0 Å². The normalized spacial score (nSPS) is 42.3. The van der Waals surface area contributed by atoms with Crippen LogP contribution in [0.15, 0.2) is 0 Å². The largest absolute Gasteiger partial charge is 0.469 e. The summed E-state index contributed by atoms with van der Waals surface area (Å²) in [7, 11) is 1.37. The molecule has 3 atom stereocenters. The number of esters is 1. The van der Waals surface area contributed by atoms with E-state index in [1.165, 1.54) is 13.5 Å². The van der Waals surface area contributed by atoms with E-state index >= 15 is 0 Å². The summed E-state index contributed by atoms with van der Waals surface area (Å²) < 4.78 is 4.59. The summed E-state index contributed by atoms with van der Waals surface area (Å²) in [5.41, 5.74) is -0.740. The molecule has 3 heteroatoms. The molecular formula is C10H16O3. The maximum absolute atomic E-state index is 11.1. The van der Waals surface area contributed by atoms with Gasteiger partial charge in [0.1, 0.15) is 0 Å². The van der Waals surface area contributed by atoms with E-state index in [9.17, 15) is 9.90 Å².